The minimum absolute atomic E-state index is 0.0278. The normalized spacial score (nSPS) is 26.5. The van der Waals surface area contributed by atoms with Crippen molar-refractivity contribution in [3.8, 4) is 5.75 Å². The molecule has 7 atom stereocenters. The molecule has 0 spiro atoms. The highest BCUT2D eigenvalue weighted by Gasteiger charge is 2.44. The van der Waals surface area contributed by atoms with Gasteiger partial charge in [0.15, 0.2) is 0 Å². The second-order valence-corrected chi connectivity index (χ2v) is 16.7. The molecule has 3 N–H and O–H groups in total. The monoisotopic (exact) mass is 784 g/mol. The number of phenols is 1. The topological polar surface area (TPSA) is 186 Å². The molecule has 1 aromatic rings. The smallest absolute Gasteiger partial charge is 0.329 e. The van der Waals surface area contributed by atoms with Crippen LogP contribution in [-0.4, -0.2) is 136 Å². The Morgan fingerprint density at radius 1 is 0.804 bits per heavy atom. The SMILES string of the molecule is CC(=O)N(C)[C@@H]1C(=O)N[C@@H](CC(C)C)C(=O)N2CCC[C@@H]2C(=O)N(C)[C@@H](Cc2ccc(O)cc2)C(=O)N[C@@H](CC(C)C)C(=O)N(C)C(CC(C)C)C(=O)O[C@@H]1C. The molecular formula is C41H64N6O9. The van der Waals surface area contributed by atoms with E-state index in [-0.39, 0.29) is 55.7 Å². The standard InChI is InChI=1S/C41H64N6O9/c1-23(2)19-30-38(52)46(11)34(21-25(5)6)41(55)56-26(7)35(44(9)27(8)48)37(51)43-31(20-24(3)4)39(53)47-18-12-13-32(47)40(54)45(10)33(36(50)42-30)22-28-14-16-29(49)17-15-28/h14-17,23-26,30-35,49H,12-13,18-22H2,1-11H3,(H,42,50)(H,43,51)/t26-,30+,31+,32-,33+,34?,35+/m1/s1. The summed E-state index contributed by atoms with van der Waals surface area (Å²) in [7, 11) is 4.37. The number of aromatic hydroxyl groups is 1. The van der Waals surface area contributed by atoms with Crippen molar-refractivity contribution in [2.75, 3.05) is 27.7 Å². The fourth-order valence-electron chi connectivity index (χ4n) is 7.53. The van der Waals surface area contributed by atoms with Crippen LogP contribution in [0.15, 0.2) is 24.3 Å². The summed E-state index contributed by atoms with van der Waals surface area (Å²) in [4.78, 5) is 104. The van der Waals surface area contributed by atoms with Gasteiger partial charge in [-0.3, -0.25) is 28.8 Å². The number of ether oxygens (including phenoxy) is 1. The molecule has 15 nitrogen and oxygen atoms in total. The number of carbonyl (C=O) groups is 7. The number of hydrogen-bond donors (Lipinski definition) is 3. The van der Waals surface area contributed by atoms with Crippen molar-refractivity contribution in [1.82, 2.24) is 30.2 Å². The molecule has 3 rings (SSSR count). The second-order valence-electron chi connectivity index (χ2n) is 16.7. The molecule has 56 heavy (non-hydrogen) atoms. The summed E-state index contributed by atoms with van der Waals surface area (Å²) in [5.74, 6) is -4.29. The summed E-state index contributed by atoms with van der Waals surface area (Å²) in [5.41, 5.74) is 0.642. The minimum atomic E-state index is -1.34. The molecule has 0 aromatic heterocycles. The van der Waals surface area contributed by atoms with Gasteiger partial charge in [0.05, 0.1) is 0 Å². The van der Waals surface area contributed by atoms with Crippen molar-refractivity contribution >= 4 is 41.4 Å². The highest BCUT2D eigenvalue weighted by Crippen LogP contribution is 2.25. The number of cyclic esters (lactones) is 1. The molecule has 2 saturated heterocycles. The summed E-state index contributed by atoms with van der Waals surface area (Å²) < 4.78 is 5.93. The molecule has 0 saturated carbocycles. The van der Waals surface area contributed by atoms with E-state index in [0.29, 0.717) is 18.4 Å². The van der Waals surface area contributed by atoms with Gasteiger partial charge in [-0.05, 0) is 74.5 Å². The first-order valence-electron chi connectivity index (χ1n) is 19.8. The Balaban J connectivity index is 2.23. The molecule has 1 unspecified atom stereocenters. The lowest BCUT2D eigenvalue weighted by Crippen LogP contribution is -2.60. The number of esters is 1. The van der Waals surface area contributed by atoms with E-state index in [2.05, 4.69) is 10.6 Å². The molecule has 2 aliphatic heterocycles. The van der Waals surface area contributed by atoms with Crippen LogP contribution >= 0.6 is 0 Å². The van der Waals surface area contributed by atoms with Crippen molar-refractivity contribution in [3.63, 3.8) is 0 Å². The number of fused-ring (bicyclic) bond motifs is 1. The van der Waals surface area contributed by atoms with Gasteiger partial charge in [-0.15, -0.1) is 0 Å². The molecule has 2 heterocycles. The van der Waals surface area contributed by atoms with Gasteiger partial charge in [0.1, 0.15) is 48.1 Å². The third kappa shape index (κ3) is 11.7. The van der Waals surface area contributed by atoms with E-state index in [1.807, 2.05) is 41.5 Å². The van der Waals surface area contributed by atoms with Crippen molar-refractivity contribution in [2.24, 2.45) is 17.8 Å². The lowest BCUT2D eigenvalue weighted by Gasteiger charge is -2.36. The Kier molecular flexibility index (Phi) is 16.3. The predicted molar refractivity (Wildman–Crippen MR) is 210 cm³/mol. The average Bonchev–Trinajstić information content (AvgIpc) is 3.60. The maximum Gasteiger partial charge on any atom is 0.329 e. The third-order valence-electron chi connectivity index (χ3n) is 10.7. The van der Waals surface area contributed by atoms with Gasteiger partial charge in [-0.2, -0.15) is 0 Å². The largest absolute Gasteiger partial charge is 0.508 e. The van der Waals surface area contributed by atoms with E-state index in [1.165, 1.54) is 61.8 Å². The Hall–Kier alpha value is -4.69. The van der Waals surface area contributed by atoms with Gasteiger partial charge >= 0.3 is 5.97 Å². The highest BCUT2D eigenvalue weighted by molar-refractivity contribution is 5.97. The van der Waals surface area contributed by atoms with Gasteiger partial charge in [0.2, 0.25) is 35.4 Å². The van der Waals surface area contributed by atoms with Crippen LogP contribution in [-0.2, 0) is 44.7 Å². The molecule has 0 bridgehead atoms. The lowest BCUT2D eigenvalue weighted by atomic mass is 9.98. The van der Waals surface area contributed by atoms with Crippen LogP contribution in [0, 0.1) is 17.8 Å². The lowest BCUT2D eigenvalue weighted by molar-refractivity contribution is -0.165. The molecule has 2 aliphatic rings. The fourth-order valence-corrected chi connectivity index (χ4v) is 7.53. The van der Waals surface area contributed by atoms with E-state index in [4.69, 9.17) is 4.74 Å². The molecule has 2 fully saturated rings. The summed E-state index contributed by atoms with van der Waals surface area (Å²) in [6, 6.07) is -0.465. The number of amides is 6. The zero-order chi connectivity index (χ0) is 42.2. The van der Waals surface area contributed by atoms with E-state index < -0.39 is 83.8 Å². The predicted octanol–water partition coefficient (Wildman–Crippen LogP) is 2.48. The Labute approximate surface area is 331 Å². The summed E-state index contributed by atoms with van der Waals surface area (Å²) in [6.45, 7) is 14.3. The first kappa shape index (κ1) is 45.7. The number of likely N-dealkylation sites (N-methyl/N-ethyl adjacent to an activating group) is 3. The van der Waals surface area contributed by atoms with E-state index in [1.54, 1.807) is 12.1 Å². The summed E-state index contributed by atoms with van der Waals surface area (Å²) in [5, 5.41) is 15.7. The van der Waals surface area contributed by atoms with Crippen LogP contribution < -0.4 is 10.6 Å². The van der Waals surface area contributed by atoms with Crippen LogP contribution in [0.5, 0.6) is 5.75 Å². The van der Waals surface area contributed by atoms with Gasteiger partial charge in [-0.1, -0.05) is 53.7 Å². The Morgan fingerprint density at radius 2 is 1.32 bits per heavy atom. The number of benzene rings is 1. The summed E-state index contributed by atoms with van der Waals surface area (Å²) in [6.07, 6.45) is 0.284. The Bertz CT molecular complexity index is 1580. The van der Waals surface area contributed by atoms with Gasteiger partial charge < -0.3 is 40.1 Å². The molecule has 0 radical (unpaired) electrons. The average molecular weight is 785 g/mol. The maximum atomic E-state index is 14.5. The molecular weight excluding hydrogens is 720 g/mol. The minimum Gasteiger partial charge on any atom is -0.508 e. The van der Waals surface area contributed by atoms with E-state index in [0.717, 1.165) is 4.90 Å². The zero-order valence-electron chi connectivity index (χ0n) is 35.0. The van der Waals surface area contributed by atoms with Crippen molar-refractivity contribution in [2.45, 2.75) is 136 Å². The van der Waals surface area contributed by atoms with Gasteiger partial charge in [-0.25, -0.2) is 4.79 Å². The molecule has 312 valence electrons. The number of carbonyl (C=O) groups excluding carboxylic acids is 7. The van der Waals surface area contributed by atoms with E-state index >= 15 is 0 Å². The van der Waals surface area contributed by atoms with Gasteiger partial charge in [0, 0.05) is 41.0 Å². The number of rotatable bonds is 9. The van der Waals surface area contributed by atoms with Gasteiger partial charge in [0.25, 0.3) is 0 Å². The molecule has 0 aliphatic carbocycles. The van der Waals surface area contributed by atoms with Crippen LogP contribution in [0.1, 0.15) is 93.1 Å². The fraction of sp³-hybridized carbons (Fsp3) is 0.683. The maximum absolute atomic E-state index is 14.5. The van der Waals surface area contributed by atoms with Crippen LogP contribution in [0.4, 0.5) is 0 Å². The first-order chi connectivity index (χ1) is 26.1. The Morgan fingerprint density at radius 3 is 1.86 bits per heavy atom. The second kappa shape index (κ2) is 19.9. The number of phenolic OH excluding ortho intramolecular Hbond substituents is 1. The third-order valence-corrected chi connectivity index (χ3v) is 10.7. The zero-order valence-corrected chi connectivity index (χ0v) is 35.0. The number of nitrogens with zero attached hydrogens (tertiary/aromatic N) is 4. The van der Waals surface area contributed by atoms with Crippen molar-refractivity contribution in [1.29, 1.82) is 0 Å². The number of hydrogen-bond acceptors (Lipinski definition) is 9. The number of nitrogens with one attached hydrogen (secondary N) is 2. The quantitative estimate of drug-likeness (QED) is 0.317. The van der Waals surface area contributed by atoms with Crippen LogP contribution in [0.2, 0.25) is 0 Å². The van der Waals surface area contributed by atoms with Crippen LogP contribution in [0.25, 0.3) is 0 Å². The molecule has 15 heteroatoms. The van der Waals surface area contributed by atoms with Crippen molar-refractivity contribution in [3.05, 3.63) is 29.8 Å². The van der Waals surface area contributed by atoms with Crippen molar-refractivity contribution < 1.29 is 43.4 Å². The first-order valence-corrected chi connectivity index (χ1v) is 19.8. The van der Waals surface area contributed by atoms with E-state index in [9.17, 15) is 38.7 Å². The highest BCUT2D eigenvalue weighted by atomic mass is 16.5. The molecule has 1 aromatic carbocycles. The summed E-state index contributed by atoms with van der Waals surface area (Å²) >= 11 is 0. The van der Waals surface area contributed by atoms with Crippen LogP contribution in [0.3, 0.4) is 0 Å². The molecule has 6 amide bonds.